The van der Waals surface area contributed by atoms with Gasteiger partial charge in [-0.3, -0.25) is 14.3 Å². The molecule has 0 atom stereocenters. The van der Waals surface area contributed by atoms with Crippen LogP contribution >= 0.6 is 0 Å². The van der Waals surface area contributed by atoms with E-state index in [9.17, 15) is 14.4 Å². The highest BCUT2D eigenvalue weighted by Gasteiger charge is 2.16. The van der Waals surface area contributed by atoms with Crippen LogP contribution in [0.5, 0.6) is 0 Å². The summed E-state index contributed by atoms with van der Waals surface area (Å²) in [6, 6.07) is 25.4. The summed E-state index contributed by atoms with van der Waals surface area (Å²) in [6.07, 6.45) is 1.29. The highest BCUT2D eigenvalue weighted by molar-refractivity contribution is 6.05. The van der Waals surface area contributed by atoms with E-state index in [1.807, 2.05) is 42.5 Å². The van der Waals surface area contributed by atoms with Crippen molar-refractivity contribution in [2.24, 2.45) is 7.05 Å². The Labute approximate surface area is 296 Å². The molecule has 3 N–H and O–H groups in total. The molecule has 0 radical (unpaired) electrons. The van der Waals surface area contributed by atoms with E-state index in [1.165, 1.54) is 0 Å². The van der Waals surface area contributed by atoms with Gasteiger partial charge in [0, 0.05) is 42.0 Å². The van der Waals surface area contributed by atoms with E-state index in [1.54, 1.807) is 85.8 Å². The Bertz CT molecular complexity index is 1920. The number of anilines is 2. The third-order valence-electron chi connectivity index (χ3n) is 7.33. The van der Waals surface area contributed by atoms with Gasteiger partial charge in [0.05, 0.1) is 44.9 Å². The molecule has 5 aromatic rings. The molecule has 0 saturated heterocycles. The van der Waals surface area contributed by atoms with Gasteiger partial charge in [0.1, 0.15) is 17.1 Å². The number of amides is 3. The Hall–Kier alpha value is -5.86. The van der Waals surface area contributed by atoms with E-state index < -0.39 is 11.7 Å². The van der Waals surface area contributed by atoms with E-state index in [2.05, 4.69) is 31.4 Å². The van der Waals surface area contributed by atoms with Gasteiger partial charge in [-0.05, 0) is 56.7 Å². The molecule has 0 fully saturated rings. The number of aryl methyl sites for hydroxylation is 1. The predicted molar refractivity (Wildman–Crippen MR) is 191 cm³/mol. The number of aromatic nitrogens is 5. The van der Waals surface area contributed by atoms with Crippen molar-refractivity contribution in [1.29, 1.82) is 0 Å². The Balaban J connectivity index is 1.06. The fourth-order valence-corrected chi connectivity index (χ4v) is 4.87. The molecule has 266 valence electrons. The van der Waals surface area contributed by atoms with Gasteiger partial charge in [-0.1, -0.05) is 53.7 Å². The normalized spacial score (nSPS) is 11.2. The first kappa shape index (κ1) is 36.4. The van der Waals surface area contributed by atoms with Crippen molar-refractivity contribution in [1.82, 2.24) is 30.1 Å². The molecule has 0 spiro atoms. The molecule has 2 heterocycles. The van der Waals surface area contributed by atoms with Crippen LogP contribution in [0.25, 0.3) is 11.3 Å². The van der Waals surface area contributed by atoms with Crippen LogP contribution in [0.3, 0.4) is 0 Å². The maximum atomic E-state index is 13.3. The third-order valence-corrected chi connectivity index (χ3v) is 7.33. The molecule has 14 nitrogen and oxygen atoms in total. The number of benzene rings is 3. The molecule has 14 heteroatoms. The largest absolute Gasteiger partial charge is 0.444 e. The van der Waals surface area contributed by atoms with Gasteiger partial charge < -0.3 is 30.2 Å². The van der Waals surface area contributed by atoms with Crippen LogP contribution in [0.4, 0.5) is 16.3 Å². The minimum Gasteiger partial charge on any atom is -0.444 e. The molecular weight excluding hydrogens is 652 g/mol. The Kier molecular flexibility index (Phi) is 12.3. The number of rotatable bonds is 15. The molecule has 0 aliphatic rings. The van der Waals surface area contributed by atoms with E-state index in [4.69, 9.17) is 14.2 Å². The summed E-state index contributed by atoms with van der Waals surface area (Å²) in [5.41, 5.74) is 4.00. The topological polar surface area (TPSA) is 164 Å². The van der Waals surface area contributed by atoms with Gasteiger partial charge in [-0.25, -0.2) is 9.48 Å². The van der Waals surface area contributed by atoms with Gasteiger partial charge in [0.2, 0.25) is 0 Å². The Morgan fingerprint density at radius 3 is 2.33 bits per heavy atom. The number of alkyl carbamates (subject to hydrolysis) is 1. The lowest BCUT2D eigenvalue weighted by Gasteiger charge is -2.19. The molecule has 3 amide bonds. The van der Waals surface area contributed by atoms with Crippen molar-refractivity contribution in [2.45, 2.75) is 46.1 Å². The van der Waals surface area contributed by atoms with Crippen LogP contribution in [-0.2, 0) is 41.0 Å². The zero-order chi connectivity index (χ0) is 36.2. The van der Waals surface area contributed by atoms with Crippen LogP contribution in [0, 0.1) is 0 Å². The fraction of sp³-hybridized carbons (Fsp3) is 0.297. The number of nitrogens with zero attached hydrogens (tertiary/aromatic N) is 5. The quantitative estimate of drug-likeness (QED) is 0.121. The lowest BCUT2D eigenvalue weighted by atomic mass is 10.1. The lowest BCUT2D eigenvalue weighted by molar-refractivity contribution is 0.0496. The zero-order valence-corrected chi connectivity index (χ0v) is 29.1. The molecule has 0 aliphatic carbocycles. The predicted octanol–water partition coefficient (Wildman–Crippen LogP) is 5.44. The van der Waals surface area contributed by atoms with Crippen LogP contribution in [-0.4, -0.2) is 68.0 Å². The summed E-state index contributed by atoms with van der Waals surface area (Å²) in [4.78, 5) is 37.5. The second-order valence-corrected chi connectivity index (χ2v) is 12.6. The number of carbonyl (C=O) groups is 3. The fourth-order valence-electron chi connectivity index (χ4n) is 4.87. The van der Waals surface area contributed by atoms with Crippen LogP contribution in [0.1, 0.15) is 52.7 Å². The van der Waals surface area contributed by atoms with E-state index >= 15 is 0 Å². The van der Waals surface area contributed by atoms with E-state index in [-0.39, 0.29) is 25.0 Å². The zero-order valence-electron chi connectivity index (χ0n) is 29.1. The number of ether oxygens (including phenoxy) is 3. The van der Waals surface area contributed by atoms with Crippen molar-refractivity contribution in [3.63, 3.8) is 0 Å². The molecule has 0 bridgehead atoms. The molecule has 0 saturated carbocycles. The van der Waals surface area contributed by atoms with Crippen molar-refractivity contribution < 1.29 is 28.6 Å². The van der Waals surface area contributed by atoms with E-state index in [0.717, 1.165) is 11.1 Å². The minimum atomic E-state index is -0.548. The number of hydrogen-bond donors (Lipinski definition) is 3. The first-order chi connectivity index (χ1) is 24.5. The summed E-state index contributed by atoms with van der Waals surface area (Å²) < 4.78 is 19.9. The number of hydrogen-bond acceptors (Lipinski definition) is 9. The highest BCUT2D eigenvalue weighted by Crippen LogP contribution is 2.24. The van der Waals surface area contributed by atoms with Gasteiger partial charge in [-0.2, -0.15) is 5.10 Å². The van der Waals surface area contributed by atoms with Crippen molar-refractivity contribution in [3.8, 4) is 11.3 Å². The van der Waals surface area contributed by atoms with Gasteiger partial charge in [-0.15, -0.1) is 5.10 Å². The monoisotopic (exact) mass is 694 g/mol. The van der Waals surface area contributed by atoms with Gasteiger partial charge >= 0.3 is 6.09 Å². The van der Waals surface area contributed by atoms with Crippen molar-refractivity contribution in [3.05, 3.63) is 114 Å². The molecule has 3 aromatic carbocycles. The van der Waals surface area contributed by atoms with Crippen LogP contribution < -0.4 is 16.0 Å². The molecule has 51 heavy (non-hydrogen) atoms. The SMILES string of the molecule is Cn1nc(-c2ccc(NC(=O)c3ccccc3COCc3cn(CCOCCNC(=O)OC(C)(C)C)nn3)cc2)cc1NC(=O)c1ccccc1. The second kappa shape index (κ2) is 17.2. The standard InChI is InChI=1S/C37H42N8O6/c1-37(2,3)51-36(48)38-18-20-49-21-19-45-23-30(41-43-45)25-50-24-28-12-8-9-13-31(28)35(47)39-29-16-14-26(15-17-29)32-22-33(44(4)42-32)40-34(46)27-10-6-5-7-11-27/h5-17,22-23H,18-21,24-25H2,1-4H3,(H,38,48)(H,39,47)(H,40,46). The maximum Gasteiger partial charge on any atom is 0.407 e. The summed E-state index contributed by atoms with van der Waals surface area (Å²) in [6.45, 7) is 7.38. The van der Waals surface area contributed by atoms with Crippen LogP contribution in [0.2, 0.25) is 0 Å². The highest BCUT2D eigenvalue weighted by atomic mass is 16.6. The van der Waals surface area contributed by atoms with Crippen molar-refractivity contribution in [2.75, 3.05) is 30.4 Å². The Morgan fingerprint density at radius 1 is 0.824 bits per heavy atom. The summed E-state index contributed by atoms with van der Waals surface area (Å²) in [7, 11) is 1.76. The summed E-state index contributed by atoms with van der Waals surface area (Å²) in [5, 5.41) is 21.3. The molecule has 5 rings (SSSR count). The van der Waals surface area contributed by atoms with Gasteiger partial charge in [0.25, 0.3) is 11.8 Å². The molecule has 2 aromatic heterocycles. The Morgan fingerprint density at radius 2 is 1.57 bits per heavy atom. The summed E-state index contributed by atoms with van der Waals surface area (Å²) in [5.74, 6) is 0.0774. The first-order valence-corrected chi connectivity index (χ1v) is 16.5. The van der Waals surface area contributed by atoms with Crippen LogP contribution in [0.15, 0.2) is 91.1 Å². The molecular formula is C37H42N8O6. The molecule has 0 unspecified atom stereocenters. The molecule has 0 aliphatic heterocycles. The average Bonchev–Trinajstić information content (AvgIpc) is 3.72. The maximum absolute atomic E-state index is 13.3. The van der Waals surface area contributed by atoms with Crippen molar-refractivity contribution >= 4 is 29.4 Å². The number of nitrogens with one attached hydrogen (secondary N) is 3. The summed E-state index contributed by atoms with van der Waals surface area (Å²) >= 11 is 0. The van der Waals surface area contributed by atoms with E-state index in [0.29, 0.717) is 60.3 Å². The second-order valence-electron chi connectivity index (χ2n) is 12.6. The van der Waals surface area contributed by atoms with Gasteiger partial charge in [0.15, 0.2) is 0 Å². The third kappa shape index (κ3) is 11.1. The minimum absolute atomic E-state index is 0.200. The average molecular weight is 695 g/mol. The smallest absolute Gasteiger partial charge is 0.407 e. The number of carbonyl (C=O) groups excluding carboxylic acids is 3. The lowest BCUT2D eigenvalue weighted by Crippen LogP contribution is -2.34. The first-order valence-electron chi connectivity index (χ1n) is 16.5.